The van der Waals surface area contributed by atoms with Gasteiger partial charge in [-0.2, -0.15) is 5.10 Å². The predicted octanol–water partition coefficient (Wildman–Crippen LogP) is 8.49. The number of carboxylic acid groups (broad SMARTS) is 1. The molecule has 0 bridgehead atoms. The fraction of sp³-hybridized carbons (Fsp3) is 0.333. The first-order chi connectivity index (χ1) is 34.3. The van der Waals surface area contributed by atoms with Gasteiger partial charge in [0.1, 0.15) is 11.6 Å². The van der Waals surface area contributed by atoms with E-state index in [9.17, 15) is 29.1 Å². The van der Waals surface area contributed by atoms with Crippen molar-refractivity contribution in [3.8, 4) is 16.9 Å². The molecule has 2 fully saturated rings. The third kappa shape index (κ3) is 10.1. The molecule has 0 spiro atoms. The maximum atomic E-state index is 13.6. The van der Waals surface area contributed by atoms with E-state index < -0.39 is 11.9 Å². The summed E-state index contributed by atoms with van der Waals surface area (Å²) >= 11 is 1.43. The SMILES string of the molecule is Cc1c(O[C@H](C)CCC2CCN(CC(=O)Nc3ccc4c(C5CCC(=O)NC5=O)nn(C)c4c3)CC2)cccc1-c1ccc(N2CCc3cccc(C(=O)Nc4nc5ccccc5s4)c3C2)nc1C(=O)O. The Morgan fingerprint density at radius 3 is 2.52 bits per heavy atom. The van der Waals surface area contributed by atoms with E-state index in [1.807, 2.05) is 103 Å². The minimum atomic E-state index is -1.13. The predicted molar refractivity (Wildman–Crippen MR) is 273 cm³/mol. The van der Waals surface area contributed by atoms with Crippen molar-refractivity contribution >= 4 is 78.7 Å². The summed E-state index contributed by atoms with van der Waals surface area (Å²) in [5.41, 5.74) is 7.42. The van der Waals surface area contributed by atoms with Crippen molar-refractivity contribution in [3.05, 3.63) is 125 Å². The van der Waals surface area contributed by atoms with E-state index in [4.69, 9.17) is 9.72 Å². The van der Waals surface area contributed by atoms with Crippen LogP contribution in [0.15, 0.2) is 91.0 Å². The Morgan fingerprint density at radius 2 is 1.72 bits per heavy atom. The Bertz CT molecular complexity index is 3200. The van der Waals surface area contributed by atoms with Gasteiger partial charge < -0.3 is 20.1 Å². The summed E-state index contributed by atoms with van der Waals surface area (Å²) in [6.07, 6.45) is 5.06. The summed E-state index contributed by atoms with van der Waals surface area (Å²) in [6, 6.07) is 28.5. The Kier molecular flexibility index (Phi) is 13.3. The van der Waals surface area contributed by atoms with Crippen molar-refractivity contribution in [2.24, 2.45) is 13.0 Å². The molecule has 10 rings (SSSR count). The van der Waals surface area contributed by atoms with E-state index in [2.05, 4.69) is 37.9 Å². The number of hydrogen-bond acceptors (Lipinski definition) is 12. The third-order valence-corrected chi connectivity index (χ3v) is 15.1. The number of nitrogens with zero attached hydrogens (tertiary/aromatic N) is 6. The van der Waals surface area contributed by atoms with Crippen LogP contribution in [0, 0.1) is 12.8 Å². The Hall–Kier alpha value is -7.50. The number of carbonyl (C=O) groups excluding carboxylic acids is 4. The molecule has 3 aliphatic heterocycles. The quantitative estimate of drug-likeness (QED) is 0.0759. The van der Waals surface area contributed by atoms with E-state index in [0.29, 0.717) is 71.1 Å². The second kappa shape index (κ2) is 20.1. The number of benzene rings is 4. The maximum Gasteiger partial charge on any atom is 0.355 e. The summed E-state index contributed by atoms with van der Waals surface area (Å²) in [5.74, 6) is -0.842. The van der Waals surface area contributed by atoms with E-state index >= 15 is 0 Å². The lowest BCUT2D eigenvalue weighted by molar-refractivity contribution is -0.134. The lowest BCUT2D eigenvalue weighted by Crippen LogP contribution is -2.39. The number of amides is 4. The van der Waals surface area contributed by atoms with Crippen LogP contribution in [0.4, 0.5) is 16.6 Å². The highest BCUT2D eigenvalue weighted by Crippen LogP contribution is 2.36. The first kappa shape index (κ1) is 47.2. The van der Waals surface area contributed by atoms with E-state index in [-0.39, 0.29) is 48.4 Å². The van der Waals surface area contributed by atoms with Crippen LogP contribution in [0.1, 0.15) is 94.6 Å². The Morgan fingerprint density at radius 1 is 0.901 bits per heavy atom. The van der Waals surface area contributed by atoms with Gasteiger partial charge in [-0.15, -0.1) is 0 Å². The number of likely N-dealkylation sites (tertiary alicyclic amines) is 1. The van der Waals surface area contributed by atoms with Gasteiger partial charge in [0.25, 0.3) is 5.91 Å². The van der Waals surface area contributed by atoms with Crippen LogP contribution in [-0.4, -0.2) is 91.6 Å². The van der Waals surface area contributed by atoms with Gasteiger partial charge in [0.05, 0.1) is 40.0 Å². The number of rotatable bonds is 14. The van der Waals surface area contributed by atoms with Crippen molar-refractivity contribution in [2.45, 2.75) is 77.4 Å². The zero-order chi connectivity index (χ0) is 49.3. The van der Waals surface area contributed by atoms with E-state index in [1.54, 1.807) is 11.7 Å². The lowest BCUT2D eigenvalue weighted by atomic mass is 9.91. The number of imide groups is 1. The first-order valence-corrected chi connectivity index (χ1v) is 25.0. The molecule has 1 unspecified atom stereocenters. The number of piperidine rings is 2. The monoisotopic (exact) mass is 973 g/mol. The number of aromatic carboxylic acids is 1. The summed E-state index contributed by atoms with van der Waals surface area (Å²) in [4.78, 5) is 77.4. The molecule has 4 amide bonds. The first-order valence-electron chi connectivity index (χ1n) is 24.2. The number of carbonyl (C=O) groups is 5. The minimum Gasteiger partial charge on any atom is -0.490 e. The fourth-order valence-electron chi connectivity index (χ4n) is 10.3. The van der Waals surface area contributed by atoms with Gasteiger partial charge in [0, 0.05) is 48.8 Å². The largest absolute Gasteiger partial charge is 0.490 e. The normalized spacial score (nSPS) is 16.9. The molecule has 4 N–H and O–H groups in total. The van der Waals surface area contributed by atoms with Crippen molar-refractivity contribution in [1.82, 2.24) is 30.0 Å². The van der Waals surface area contributed by atoms with Crippen LogP contribution in [0.2, 0.25) is 0 Å². The number of nitrogens with one attached hydrogen (secondary N) is 3. The molecule has 3 aromatic heterocycles. The summed E-state index contributed by atoms with van der Waals surface area (Å²) in [5, 5.41) is 24.9. The van der Waals surface area contributed by atoms with Crippen LogP contribution in [0.3, 0.4) is 0 Å². The minimum absolute atomic E-state index is 0.0550. The second-order valence-corrected chi connectivity index (χ2v) is 19.9. The highest BCUT2D eigenvalue weighted by Gasteiger charge is 2.32. The summed E-state index contributed by atoms with van der Waals surface area (Å²) < 4.78 is 9.22. The average molecular weight is 974 g/mol. The number of aromatic nitrogens is 4. The van der Waals surface area contributed by atoms with Crippen LogP contribution < -0.4 is 25.6 Å². The number of aryl methyl sites for hydroxylation is 1. The molecule has 6 heterocycles. The third-order valence-electron chi connectivity index (χ3n) is 14.1. The number of hydrogen-bond donors (Lipinski definition) is 4. The van der Waals surface area contributed by atoms with Crippen LogP contribution in [0.25, 0.3) is 32.2 Å². The van der Waals surface area contributed by atoms with Gasteiger partial charge in [0.15, 0.2) is 10.8 Å². The lowest BCUT2D eigenvalue weighted by Gasteiger charge is -2.32. The van der Waals surface area contributed by atoms with Gasteiger partial charge >= 0.3 is 5.97 Å². The molecular formula is C54H55N9O7S. The number of anilines is 3. The van der Waals surface area contributed by atoms with Crippen molar-refractivity contribution < 1.29 is 33.8 Å². The standard InChI is InChI=1S/C54H55N9O7S/c1-31(14-15-33-22-25-62(26-23-33)30-48(65)55-35-16-17-39-43(28-35)61(3)60-49(39)40-19-21-47(64)58-52(40)67)70-44-12-7-9-36(32(44)2)37-18-20-46(57-50(37)53(68)69)63-27-24-34-8-6-10-38(41(34)29-63)51(66)59-54-56-42-11-4-5-13-45(42)71-54/h4-13,16-18,20,28,31,33,40H,14-15,19,21-27,29-30H2,1-3H3,(H,55,65)(H,68,69)(H,56,59,66)(H,58,64,67)/t31-,40?/m1/s1. The van der Waals surface area contributed by atoms with Crippen molar-refractivity contribution in [2.75, 3.05) is 41.7 Å². The van der Waals surface area contributed by atoms with Crippen molar-refractivity contribution in [3.63, 3.8) is 0 Å². The molecule has 2 saturated heterocycles. The van der Waals surface area contributed by atoms with Gasteiger partial charge in [0.2, 0.25) is 17.7 Å². The number of pyridine rings is 1. The van der Waals surface area contributed by atoms with Gasteiger partial charge in [-0.25, -0.2) is 14.8 Å². The molecule has 17 heteroatoms. The molecule has 4 aromatic carbocycles. The summed E-state index contributed by atoms with van der Waals surface area (Å²) in [7, 11) is 1.81. The second-order valence-electron chi connectivity index (χ2n) is 18.9. The van der Waals surface area contributed by atoms with Crippen LogP contribution in [-0.2, 0) is 34.4 Å². The molecule has 0 saturated carbocycles. The molecule has 364 valence electrons. The number of ether oxygens (including phenoxy) is 1. The topological polar surface area (TPSA) is 201 Å². The van der Waals surface area contributed by atoms with Gasteiger partial charge in [-0.3, -0.25) is 39.4 Å². The zero-order valence-corrected chi connectivity index (χ0v) is 40.7. The van der Waals surface area contributed by atoms with Crippen LogP contribution in [0.5, 0.6) is 5.75 Å². The number of carboxylic acids is 1. The van der Waals surface area contributed by atoms with Gasteiger partial charge in [-0.1, -0.05) is 47.7 Å². The van der Waals surface area contributed by atoms with Gasteiger partial charge in [-0.05, 0) is 148 Å². The molecule has 2 atom stereocenters. The molecule has 0 radical (unpaired) electrons. The van der Waals surface area contributed by atoms with Crippen LogP contribution >= 0.6 is 11.3 Å². The van der Waals surface area contributed by atoms with Crippen molar-refractivity contribution in [1.29, 1.82) is 0 Å². The smallest absolute Gasteiger partial charge is 0.355 e. The van der Waals surface area contributed by atoms with E-state index in [0.717, 1.165) is 82.1 Å². The molecule has 71 heavy (non-hydrogen) atoms. The Balaban J connectivity index is 0.721. The Labute approximate surface area is 414 Å². The molecule has 0 aliphatic carbocycles. The average Bonchev–Trinajstić information content (AvgIpc) is 3.93. The number of thiazole rings is 1. The van der Waals surface area contributed by atoms with E-state index in [1.165, 1.54) is 11.3 Å². The molecule has 7 aromatic rings. The fourth-order valence-corrected chi connectivity index (χ4v) is 11.1. The summed E-state index contributed by atoms with van der Waals surface area (Å²) in [6.45, 7) is 6.94. The molecule has 3 aliphatic rings. The maximum absolute atomic E-state index is 13.6. The molecular weight excluding hydrogens is 919 g/mol. The number of para-hydroxylation sites is 1. The zero-order valence-electron chi connectivity index (χ0n) is 39.9. The molecule has 16 nitrogen and oxygen atoms in total. The highest BCUT2D eigenvalue weighted by atomic mass is 32.1. The highest BCUT2D eigenvalue weighted by molar-refractivity contribution is 7.22. The number of fused-ring (bicyclic) bond motifs is 3.